The molecule has 0 aliphatic rings. The molecule has 9 heteroatoms. The lowest BCUT2D eigenvalue weighted by Crippen LogP contribution is -2.22. The number of Topliss-reactive ketones (excluding diaryl/α,β-unsaturated/α-hetero) is 1. The van der Waals surface area contributed by atoms with Crippen LogP contribution in [0, 0.1) is 0 Å². The van der Waals surface area contributed by atoms with Gasteiger partial charge in [-0.1, -0.05) is 0 Å². The number of nitrogens with one attached hydrogen (secondary N) is 1. The van der Waals surface area contributed by atoms with Gasteiger partial charge in [0.2, 0.25) is 0 Å². The van der Waals surface area contributed by atoms with E-state index in [9.17, 15) is 22.8 Å². The van der Waals surface area contributed by atoms with Gasteiger partial charge in [-0.2, -0.15) is 18.3 Å². The van der Waals surface area contributed by atoms with Gasteiger partial charge < -0.3 is 5.32 Å². The summed E-state index contributed by atoms with van der Waals surface area (Å²) >= 11 is 0.514. The molecule has 0 spiro atoms. The van der Waals surface area contributed by atoms with E-state index in [0.717, 1.165) is 11.6 Å². The van der Waals surface area contributed by atoms with Crippen LogP contribution in [-0.2, 0) is 13.6 Å². The summed E-state index contributed by atoms with van der Waals surface area (Å²) in [5, 5.41) is 6.47. The zero-order chi connectivity index (χ0) is 15.6. The highest BCUT2D eigenvalue weighted by atomic mass is 32.1. The largest absolute Gasteiger partial charge is 0.455 e. The van der Waals surface area contributed by atoms with Crippen LogP contribution in [0.15, 0.2) is 24.5 Å². The molecule has 2 heterocycles. The number of nitrogens with zero attached hydrogens (tertiary/aromatic N) is 2. The van der Waals surface area contributed by atoms with E-state index < -0.39 is 22.7 Å². The fourth-order valence-corrected chi connectivity index (χ4v) is 2.44. The second-order valence-corrected chi connectivity index (χ2v) is 5.28. The first-order valence-electron chi connectivity index (χ1n) is 5.74. The highest BCUT2D eigenvalue weighted by Gasteiger charge is 2.40. The van der Waals surface area contributed by atoms with Gasteiger partial charge in [-0.25, -0.2) is 0 Å². The molecular weight excluding hydrogens is 307 g/mol. The first kappa shape index (κ1) is 15.2. The molecule has 2 aromatic heterocycles. The Bertz CT molecular complexity index is 675. The maximum absolute atomic E-state index is 12.3. The second-order valence-electron chi connectivity index (χ2n) is 4.20. The van der Waals surface area contributed by atoms with Crippen LogP contribution in [0.3, 0.4) is 0 Å². The van der Waals surface area contributed by atoms with Crippen LogP contribution in [0.4, 0.5) is 13.2 Å². The molecule has 0 aliphatic carbocycles. The maximum atomic E-state index is 12.3. The van der Waals surface area contributed by atoms with Gasteiger partial charge in [-0.05, 0) is 12.1 Å². The minimum absolute atomic E-state index is 0.0477. The normalized spacial score (nSPS) is 11.4. The third-order valence-electron chi connectivity index (χ3n) is 2.52. The van der Waals surface area contributed by atoms with Crippen LogP contribution < -0.4 is 5.32 Å². The monoisotopic (exact) mass is 317 g/mol. The fraction of sp³-hybridized carbons (Fsp3) is 0.250. The van der Waals surface area contributed by atoms with Crippen LogP contribution in [0.5, 0.6) is 0 Å². The average molecular weight is 317 g/mol. The lowest BCUT2D eigenvalue weighted by molar-refractivity contribution is -0.0882. The SMILES string of the molecule is Cn1cc(CNC(=O)c2ccc(C(=O)C(F)(F)F)s2)cn1. The average Bonchev–Trinajstić information content (AvgIpc) is 3.03. The molecule has 0 aliphatic heterocycles. The predicted octanol–water partition coefficient (Wildman–Crippen LogP) is 2.16. The number of thiophene rings is 1. The van der Waals surface area contributed by atoms with E-state index in [1.165, 1.54) is 6.07 Å². The van der Waals surface area contributed by atoms with E-state index in [1.54, 1.807) is 24.1 Å². The number of hydrogen-bond acceptors (Lipinski definition) is 4. The third kappa shape index (κ3) is 3.69. The standard InChI is InChI=1S/C12H10F3N3O2S/c1-18-6-7(5-17-18)4-16-11(20)9-3-2-8(21-9)10(19)12(13,14)15/h2-3,5-6H,4H2,1H3,(H,16,20). The Labute approximate surface area is 121 Å². The van der Waals surface area contributed by atoms with Crippen molar-refractivity contribution in [2.45, 2.75) is 12.7 Å². The molecule has 1 amide bonds. The summed E-state index contributed by atoms with van der Waals surface area (Å²) in [6.45, 7) is 0.202. The third-order valence-corrected chi connectivity index (χ3v) is 3.61. The molecule has 0 saturated heterocycles. The van der Waals surface area contributed by atoms with Crippen molar-refractivity contribution in [2.24, 2.45) is 7.05 Å². The van der Waals surface area contributed by atoms with Crippen LogP contribution in [-0.4, -0.2) is 27.6 Å². The van der Waals surface area contributed by atoms with E-state index in [0.29, 0.717) is 11.3 Å². The predicted molar refractivity (Wildman–Crippen MR) is 69.1 cm³/mol. The summed E-state index contributed by atoms with van der Waals surface area (Å²) in [7, 11) is 1.72. The highest BCUT2D eigenvalue weighted by Crippen LogP contribution is 2.26. The molecule has 21 heavy (non-hydrogen) atoms. The molecule has 0 bridgehead atoms. The fourth-order valence-electron chi connectivity index (χ4n) is 1.55. The number of ketones is 1. The van der Waals surface area contributed by atoms with E-state index >= 15 is 0 Å². The lowest BCUT2D eigenvalue weighted by atomic mass is 10.3. The zero-order valence-electron chi connectivity index (χ0n) is 10.8. The lowest BCUT2D eigenvalue weighted by Gasteiger charge is -2.02. The number of alkyl halides is 3. The number of amides is 1. The molecule has 0 unspecified atom stereocenters. The van der Waals surface area contributed by atoms with Crippen molar-refractivity contribution in [3.63, 3.8) is 0 Å². The number of carbonyl (C=O) groups is 2. The minimum Gasteiger partial charge on any atom is -0.347 e. The van der Waals surface area contributed by atoms with Crippen LogP contribution in [0.25, 0.3) is 0 Å². The summed E-state index contributed by atoms with van der Waals surface area (Å²) in [6.07, 6.45) is -1.67. The Morgan fingerprint density at radius 1 is 1.33 bits per heavy atom. The Kier molecular flexibility index (Phi) is 4.12. The Balaban J connectivity index is 2.00. The zero-order valence-corrected chi connectivity index (χ0v) is 11.6. The first-order chi connectivity index (χ1) is 9.77. The summed E-state index contributed by atoms with van der Waals surface area (Å²) in [5.41, 5.74) is 0.758. The van der Waals surface area contributed by atoms with Crippen molar-refractivity contribution in [2.75, 3.05) is 0 Å². The minimum atomic E-state index is -4.94. The summed E-state index contributed by atoms with van der Waals surface area (Å²) < 4.78 is 38.4. The van der Waals surface area contributed by atoms with Gasteiger partial charge in [-0.3, -0.25) is 14.3 Å². The van der Waals surface area contributed by atoms with Crippen LogP contribution in [0.2, 0.25) is 0 Å². The number of hydrogen-bond donors (Lipinski definition) is 1. The molecule has 112 valence electrons. The quantitative estimate of drug-likeness (QED) is 0.879. The van der Waals surface area contributed by atoms with Gasteiger partial charge in [0, 0.05) is 25.4 Å². The smallest absolute Gasteiger partial charge is 0.347 e. The second kappa shape index (κ2) is 5.68. The van der Waals surface area contributed by atoms with Crippen LogP contribution >= 0.6 is 11.3 Å². The van der Waals surface area contributed by atoms with Crippen molar-refractivity contribution in [1.82, 2.24) is 15.1 Å². The number of carbonyl (C=O) groups excluding carboxylic acids is 2. The van der Waals surface area contributed by atoms with Crippen molar-refractivity contribution >= 4 is 23.0 Å². The van der Waals surface area contributed by atoms with Gasteiger partial charge >= 0.3 is 6.18 Å². The van der Waals surface area contributed by atoms with E-state index in [1.807, 2.05) is 0 Å². The molecule has 0 fully saturated rings. The van der Waals surface area contributed by atoms with E-state index in [2.05, 4.69) is 10.4 Å². The number of halogens is 3. The number of aromatic nitrogens is 2. The van der Waals surface area contributed by atoms with Gasteiger partial charge in [-0.15, -0.1) is 11.3 Å². The van der Waals surface area contributed by atoms with Crippen molar-refractivity contribution in [3.05, 3.63) is 39.8 Å². The summed E-state index contributed by atoms with van der Waals surface area (Å²) in [5.74, 6) is -2.48. The molecule has 0 saturated carbocycles. The Morgan fingerprint density at radius 2 is 2.00 bits per heavy atom. The molecule has 0 radical (unpaired) electrons. The van der Waals surface area contributed by atoms with Crippen LogP contribution in [0.1, 0.15) is 24.9 Å². The molecule has 2 rings (SSSR count). The molecule has 5 nitrogen and oxygen atoms in total. The summed E-state index contributed by atoms with van der Waals surface area (Å²) in [4.78, 5) is 22.4. The molecule has 1 N–H and O–H groups in total. The van der Waals surface area contributed by atoms with Gasteiger partial charge in [0.25, 0.3) is 11.7 Å². The van der Waals surface area contributed by atoms with E-state index in [-0.39, 0.29) is 11.4 Å². The Hall–Kier alpha value is -2.16. The van der Waals surface area contributed by atoms with Gasteiger partial charge in [0.05, 0.1) is 16.0 Å². The van der Waals surface area contributed by atoms with E-state index in [4.69, 9.17) is 0 Å². The van der Waals surface area contributed by atoms with Gasteiger partial charge in [0.1, 0.15) is 0 Å². The Morgan fingerprint density at radius 3 is 2.57 bits per heavy atom. The molecular formula is C12H10F3N3O2S. The molecule has 0 atom stereocenters. The number of aryl methyl sites for hydroxylation is 1. The molecule has 0 aromatic carbocycles. The van der Waals surface area contributed by atoms with Gasteiger partial charge in [0.15, 0.2) is 0 Å². The molecule has 2 aromatic rings. The van der Waals surface area contributed by atoms with Crippen molar-refractivity contribution in [1.29, 1.82) is 0 Å². The highest BCUT2D eigenvalue weighted by molar-refractivity contribution is 7.16. The van der Waals surface area contributed by atoms with Crippen molar-refractivity contribution < 1.29 is 22.8 Å². The number of rotatable bonds is 4. The topological polar surface area (TPSA) is 64.0 Å². The first-order valence-corrected chi connectivity index (χ1v) is 6.56. The summed E-state index contributed by atoms with van der Waals surface area (Å²) in [6, 6.07) is 2.20. The van der Waals surface area contributed by atoms with Crippen molar-refractivity contribution in [3.8, 4) is 0 Å². The maximum Gasteiger partial charge on any atom is 0.455 e.